The van der Waals surface area contributed by atoms with Crippen LogP contribution in [0.3, 0.4) is 0 Å². The summed E-state index contributed by atoms with van der Waals surface area (Å²) in [6.45, 7) is 2.30. The van der Waals surface area contributed by atoms with E-state index in [1.807, 2.05) is 6.07 Å². The number of ether oxygens (including phenoxy) is 1. The molecule has 0 aliphatic carbocycles. The second-order valence-electron chi connectivity index (χ2n) is 4.46. The van der Waals surface area contributed by atoms with Crippen LogP contribution >= 0.6 is 11.6 Å². The molecule has 1 aliphatic heterocycles. The lowest BCUT2D eigenvalue weighted by atomic mass is 9.75. The van der Waals surface area contributed by atoms with Gasteiger partial charge in [0, 0.05) is 25.6 Å². The highest BCUT2D eigenvalue weighted by Gasteiger charge is 2.31. The summed E-state index contributed by atoms with van der Waals surface area (Å²) >= 11 is 6.13. The van der Waals surface area contributed by atoms with E-state index in [9.17, 15) is 0 Å². The maximum atomic E-state index is 6.13. The second-order valence-corrected chi connectivity index (χ2v) is 4.87. The number of pyridine rings is 1. The Labute approximate surface area is 101 Å². The van der Waals surface area contributed by atoms with Crippen LogP contribution in [0.4, 0.5) is 0 Å². The fourth-order valence-electron chi connectivity index (χ4n) is 2.21. The normalized spacial score (nSPS) is 19.6. The first-order valence-corrected chi connectivity index (χ1v) is 6.00. The molecule has 1 aliphatic rings. The zero-order valence-electron chi connectivity index (χ0n) is 9.29. The number of hydrogen-bond acceptors (Lipinski definition) is 3. The van der Waals surface area contributed by atoms with Crippen LogP contribution in [0.2, 0.25) is 5.02 Å². The van der Waals surface area contributed by atoms with Crippen molar-refractivity contribution in [3.63, 3.8) is 0 Å². The highest BCUT2D eigenvalue weighted by molar-refractivity contribution is 6.31. The molecular formula is C12H17ClN2O. The van der Waals surface area contributed by atoms with E-state index in [0.717, 1.165) is 43.1 Å². The maximum Gasteiger partial charge on any atom is 0.0621 e. The molecule has 2 heterocycles. The van der Waals surface area contributed by atoms with Crippen molar-refractivity contribution in [2.24, 2.45) is 11.1 Å². The Morgan fingerprint density at radius 2 is 2.19 bits per heavy atom. The minimum absolute atomic E-state index is 0.156. The van der Waals surface area contributed by atoms with Gasteiger partial charge in [0.05, 0.1) is 5.02 Å². The van der Waals surface area contributed by atoms with Gasteiger partial charge in [0.25, 0.3) is 0 Å². The van der Waals surface area contributed by atoms with Crippen LogP contribution < -0.4 is 5.73 Å². The van der Waals surface area contributed by atoms with Crippen molar-refractivity contribution in [3.8, 4) is 0 Å². The molecule has 1 saturated heterocycles. The number of hydrogen-bond donors (Lipinski definition) is 1. The van der Waals surface area contributed by atoms with Crippen LogP contribution in [-0.4, -0.2) is 24.7 Å². The van der Waals surface area contributed by atoms with Crippen molar-refractivity contribution < 1.29 is 4.74 Å². The number of nitrogens with zero attached hydrogens (tertiary/aromatic N) is 1. The Hall–Kier alpha value is -0.640. The van der Waals surface area contributed by atoms with Crippen molar-refractivity contribution in [1.82, 2.24) is 4.98 Å². The van der Waals surface area contributed by atoms with Gasteiger partial charge in [-0.05, 0) is 42.9 Å². The molecule has 0 radical (unpaired) electrons. The van der Waals surface area contributed by atoms with Crippen molar-refractivity contribution in [2.45, 2.75) is 19.3 Å². The van der Waals surface area contributed by atoms with Gasteiger partial charge in [-0.1, -0.05) is 11.6 Å². The minimum Gasteiger partial charge on any atom is -0.381 e. The van der Waals surface area contributed by atoms with Crippen LogP contribution in [0.5, 0.6) is 0 Å². The predicted octanol–water partition coefficient (Wildman–Crippen LogP) is 2.03. The molecule has 1 aromatic heterocycles. The van der Waals surface area contributed by atoms with E-state index < -0.39 is 0 Å². The smallest absolute Gasteiger partial charge is 0.0621 e. The van der Waals surface area contributed by atoms with Gasteiger partial charge in [-0.15, -0.1) is 0 Å². The summed E-state index contributed by atoms with van der Waals surface area (Å²) < 4.78 is 5.39. The summed E-state index contributed by atoms with van der Waals surface area (Å²) in [6, 6.07) is 1.98. The number of aromatic nitrogens is 1. The van der Waals surface area contributed by atoms with E-state index in [2.05, 4.69) is 4.98 Å². The van der Waals surface area contributed by atoms with E-state index >= 15 is 0 Å². The van der Waals surface area contributed by atoms with Gasteiger partial charge in [-0.3, -0.25) is 4.98 Å². The highest BCUT2D eigenvalue weighted by atomic mass is 35.5. The fourth-order valence-corrected chi connectivity index (χ4v) is 2.40. The molecule has 2 rings (SSSR count). The average molecular weight is 241 g/mol. The molecule has 0 bridgehead atoms. The Morgan fingerprint density at radius 3 is 2.81 bits per heavy atom. The van der Waals surface area contributed by atoms with E-state index in [0.29, 0.717) is 6.54 Å². The zero-order valence-corrected chi connectivity index (χ0v) is 10.0. The first-order valence-electron chi connectivity index (χ1n) is 5.62. The fraction of sp³-hybridized carbons (Fsp3) is 0.583. The third-order valence-electron chi connectivity index (χ3n) is 3.41. The molecule has 0 spiro atoms. The monoisotopic (exact) mass is 240 g/mol. The largest absolute Gasteiger partial charge is 0.381 e. The van der Waals surface area contributed by atoms with Crippen molar-refractivity contribution in [3.05, 3.63) is 29.0 Å². The van der Waals surface area contributed by atoms with Crippen molar-refractivity contribution in [1.29, 1.82) is 0 Å². The molecule has 1 aromatic rings. The molecule has 0 atom stereocenters. The van der Waals surface area contributed by atoms with Crippen LogP contribution in [0.15, 0.2) is 18.5 Å². The Bertz CT molecular complexity index is 351. The second kappa shape index (κ2) is 5.13. The van der Waals surface area contributed by atoms with Gasteiger partial charge >= 0.3 is 0 Å². The van der Waals surface area contributed by atoms with E-state index in [4.69, 9.17) is 22.1 Å². The molecule has 1 fully saturated rings. The molecule has 16 heavy (non-hydrogen) atoms. The van der Waals surface area contributed by atoms with Crippen LogP contribution in [0.1, 0.15) is 18.4 Å². The summed E-state index contributed by atoms with van der Waals surface area (Å²) in [6.07, 6.45) is 6.43. The van der Waals surface area contributed by atoms with E-state index in [-0.39, 0.29) is 5.41 Å². The lowest BCUT2D eigenvalue weighted by Crippen LogP contribution is -2.38. The maximum absolute atomic E-state index is 6.13. The Balaban J connectivity index is 2.15. The summed E-state index contributed by atoms with van der Waals surface area (Å²) in [5.74, 6) is 0. The first kappa shape index (κ1) is 11.8. The van der Waals surface area contributed by atoms with Gasteiger partial charge < -0.3 is 10.5 Å². The zero-order chi connectivity index (χ0) is 11.4. The molecule has 0 amide bonds. The topological polar surface area (TPSA) is 48.1 Å². The molecular weight excluding hydrogens is 224 g/mol. The predicted molar refractivity (Wildman–Crippen MR) is 64.5 cm³/mol. The van der Waals surface area contributed by atoms with Crippen LogP contribution in [0, 0.1) is 5.41 Å². The van der Waals surface area contributed by atoms with Gasteiger partial charge in [0.15, 0.2) is 0 Å². The molecule has 0 saturated carbocycles. The minimum atomic E-state index is 0.156. The molecule has 4 heteroatoms. The van der Waals surface area contributed by atoms with E-state index in [1.54, 1.807) is 12.4 Å². The third kappa shape index (κ3) is 2.54. The summed E-state index contributed by atoms with van der Waals surface area (Å²) in [7, 11) is 0. The Morgan fingerprint density at radius 1 is 1.44 bits per heavy atom. The average Bonchev–Trinajstić information content (AvgIpc) is 2.33. The SMILES string of the molecule is NCC1(Cc2ccncc2Cl)CCOCC1. The quantitative estimate of drug-likeness (QED) is 0.880. The van der Waals surface area contributed by atoms with Crippen molar-refractivity contribution in [2.75, 3.05) is 19.8 Å². The molecule has 88 valence electrons. The number of rotatable bonds is 3. The van der Waals surface area contributed by atoms with Gasteiger partial charge in [0.1, 0.15) is 0 Å². The van der Waals surface area contributed by atoms with Gasteiger partial charge in [-0.2, -0.15) is 0 Å². The molecule has 3 nitrogen and oxygen atoms in total. The summed E-state index contributed by atoms with van der Waals surface area (Å²) in [5, 5.41) is 0.738. The Kier molecular flexibility index (Phi) is 3.79. The third-order valence-corrected chi connectivity index (χ3v) is 3.75. The molecule has 0 unspecified atom stereocenters. The van der Waals surface area contributed by atoms with Crippen molar-refractivity contribution >= 4 is 11.6 Å². The standard InChI is InChI=1S/C12H17ClN2O/c13-11-8-15-4-1-10(11)7-12(9-14)2-5-16-6-3-12/h1,4,8H,2-3,5-7,9,14H2. The summed E-state index contributed by atoms with van der Waals surface area (Å²) in [4.78, 5) is 4.00. The highest BCUT2D eigenvalue weighted by Crippen LogP contribution is 2.34. The van der Waals surface area contributed by atoms with E-state index in [1.165, 1.54) is 0 Å². The van der Waals surface area contributed by atoms with Gasteiger partial charge in [0.2, 0.25) is 0 Å². The molecule has 2 N–H and O–H groups in total. The number of nitrogens with two attached hydrogens (primary N) is 1. The van der Waals surface area contributed by atoms with Crippen LogP contribution in [0.25, 0.3) is 0 Å². The lowest BCUT2D eigenvalue weighted by Gasteiger charge is -2.36. The molecule has 0 aromatic carbocycles. The lowest BCUT2D eigenvalue weighted by molar-refractivity contribution is 0.0191. The van der Waals surface area contributed by atoms with Crippen LogP contribution in [-0.2, 0) is 11.2 Å². The number of halogens is 1. The summed E-state index contributed by atoms with van der Waals surface area (Å²) in [5.41, 5.74) is 7.22. The van der Waals surface area contributed by atoms with Gasteiger partial charge in [-0.25, -0.2) is 0 Å². The first-order chi connectivity index (χ1) is 7.76.